The highest BCUT2D eigenvalue weighted by Crippen LogP contribution is 2.42. The van der Waals surface area contributed by atoms with E-state index < -0.39 is 0 Å². The number of carbonyl (C=O) groups excluding carboxylic acids is 1. The molecule has 2 saturated heterocycles. The van der Waals surface area contributed by atoms with Crippen molar-refractivity contribution >= 4 is 5.91 Å². The zero-order valence-corrected chi connectivity index (χ0v) is 22.6. The highest BCUT2D eigenvalue weighted by molar-refractivity contribution is 5.81. The highest BCUT2D eigenvalue weighted by Gasteiger charge is 2.40. The summed E-state index contributed by atoms with van der Waals surface area (Å²) in [6, 6.07) is 10.2. The van der Waals surface area contributed by atoms with Crippen LogP contribution in [0, 0.1) is 5.92 Å². The minimum absolute atomic E-state index is 0.0663. The summed E-state index contributed by atoms with van der Waals surface area (Å²) < 4.78 is 5.64. The summed E-state index contributed by atoms with van der Waals surface area (Å²) in [5, 5.41) is 3.34. The first-order valence-electron chi connectivity index (χ1n) is 14.6. The molecule has 5 rings (SSSR count). The van der Waals surface area contributed by atoms with E-state index in [1.807, 2.05) is 12.1 Å². The van der Waals surface area contributed by atoms with Gasteiger partial charge in [-0.1, -0.05) is 62.1 Å². The van der Waals surface area contributed by atoms with Crippen LogP contribution in [0.15, 0.2) is 60.7 Å². The molecule has 0 radical (unpaired) electrons. The minimum Gasteiger partial charge on any atom is -0.497 e. The molecule has 4 aliphatic rings. The molecule has 3 fully saturated rings. The third-order valence-electron chi connectivity index (χ3n) is 8.99. The number of methoxy groups -OCH3 is 1. The Kier molecular flexibility index (Phi) is 8.83. The van der Waals surface area contributed by atoms with E-state index in [9.17, 15) is 4.79 Å². The lowest BCUT2D eigenvalue weighted by Crippen LogP contribution is -2.50. The van der Waals surface area contributed by atoms with Gasteiger partial charge in [-0.3, -0.25) is 14.6 Å². The van der Waals surface area contributed by atoms with Crippen LogP contribution in [-0.2, 0) is 4.79 Å². The highest BCUT2D eigenvalue weighted by atomic mass is 16.5. The maximum Gasteiger partial charge on any atom is 0.227 e. The van der Waals surface area contributed by atoms with E-state index in [4.69, 9.17) is 4.74 Å². The van der Waals surface area contributed by atoms with Crippen LogP contribution in [0.3, 0.4) is 0 Å². The van der Waals surface area contributed by atoms with Crippen molar-refractivity contribution in [2.75, 3.05) is 26.7 Å². The van der Waals surface area contributed by atoms with E-state index in [0.717, 1.165) is 44.6 Å². The maximum absolute atomic E-state index is 13.1. The topological polar surface area (TPSA) is 44.8 Å². The second-order valence-corrected chi connectivity index (χ2v) is 11.5. The molecule has 5 nitrogen and oxygen atoms in total. The SMILES string of the molecule is C=CCN1CCC2CCCC(C1)N2C(C1=CCC(C(=O)NC2CCCCC2)C=C1)c1cccc(OC)c1. The zero-order valence-electron chi connectivity index (χ0n) is 22.6. The fourth-order valence-electron chi connectivity index (χ4n) is 7.09. The predicted octanol–water partition coefficient (Wildman–Crippen LogP) is 5.80. The number of benzene rings is 1. The fourth-order valence-corrected chi connectivity index (χ4v) is 7.09. The zero-order chi connectivity index (χ0) is 25.6. The van der Waals surface area contributed by atoms with Crippen molar-refractivity contribution in [3.63, 3.8) is 0 Å². The largest absolute Gasteiger partial charge is 0.497 e. The van der Waals surface area contributed by atoms with E-state index in [-0.39, 0.29) is 17.9 Å². The molecule has 2 aliphatic heterocycles. The molecule has 1 amide bonds. The van der Waals surface area contributed by atoms with Gasteiger partial charge in [-0.2, -0.15) is 0 Å². The number of fused-ring (bicyclic) bond motifs is 2. The molecule has 4 unspecified atom stereocenters. The number of rotatable bonds is 8. The van der Waals surface area contributed by atoms with Crippen molar-refractivity contribution < 1.29 is 9.53 Å². The Morgan fingerprint density at radius 1 is 1.14 bits per heavy atom. The van der Waals surface area contributed by atoms with Gasteiger partial charge in [0.15, 0.2) is 0 Å². The number of ether oxygens (including phenoxy) is 1. The van der Waals surface area contributed by atoms with Crippen LogP contribution >= 0.6 is 0 Å². The molecular weight excluding hydrogens is 458 g/mol. The summed E-state index contributed by atoms with van der Waals surface area (Å²) in [5.74, 6) is 1.03. The van der Waals surface area contributed by atoms with Crippen LogP contribution < -0.4 is 10.1 Å². The number of nitrogens with zero attached hydrogens (tertiary/aromatic N) is 2. The molecule has 1 aromatic carbocycles. The molecular formula is C32H45N3O2. The quantitative estimate of drug-likeness (QED) is 0.455. The molecule has 200 valence electrons. The van der Waals surface area contributed by atoms with Gasteiger partial charge in [0, 0.05) is 37.8 Å². The average Bonchev–Trinajstić information content (AvgIpc) is 3.02. The monoisotopic (exact) mass is 503 g/mol. The maximum atomic E-state index is 13.1. The predicted molar refractivity (Wildman–Crippen MR) is 151 cm³/mol. The number of allylic oxidation sites excluding steroid dienone is 1. The number of amides is 1. The number of hydrogen-bond donors (Lipinski definition) is 1. The second-order valence-electron chi connectivity index (χ2n) is 11.5. The van der Waals surface area contributed by atoms with Crippen LogP contribution in [0.4, 0.5) is 0 Å². The normalized spacial score (nSPS) is 28.1. The molecule has 2 bridgehead atoms. The van der Waals surface area contributed by atoms with Gasteiger partial charge in [0.25, 0.3) is 0 Å². The van der Waals surface area contributed by atoms with Gasteiger partial charge in [-0.25, -0.2) is 0 Å². The molecule has 5 heteroatoms. The summed E-state index contributed by atoms with van der Waals surface area (Å²) in [5.41, 5.74) is 2.61. The van der Waals surface area contributed by atoms with Gasteiger partial charge in [0.1, 0.15) is 5.75 Å². The van der Waals surface area contributed by atoms with Gasteiger partial charge in [0.2, 0.25) is 5.91 Å². The lowest BCUT2D eigenvalue weighted by Gasteiger charge is -2.46. The van der Waals surface area contributed by atoms with Crippen LogP contribution in [0.1, 0.15) is 75.8 Å². The Labute approximate surface area is 223 Å². The fraction of sp³-hybridized carbons (Fsp3) is 0.594. The summed E-state index contributed by atoms with van der Waals surface area (Å²) in [7, 11) is 1.75. The number of carbonyl (C=O) groups is 1. The molecule has 4 atom stereocenters. The van der Waals surface area contributed by atoms with Crippen molar-refractivity contribution in [3.05, 3.63) is 66.3 Å². The summed E-state index contributed by atoms with van der Waals surface area (Å²) in [4.78, 5) is 18.5. The third kappa shape index (κ3) is 6.21. The Morgan fingerprint density at radius 2 is 1.97 bits per heavy atom. The van der Waals surface area contributed by atoms with Crippen molar-refractivity contribution in [2.24, 2.45) is 5.92 Å². The Morgan fingerprint density at radius 3 is 2.73 bits per heavy atom. The van der Waals surface area contributed by atoms with E-state index in [0.29, 0.717) is 18.1 Å². The van der Waals surface area contributed by atoms with E-state index in [1.54, 1.807) is 7.11 Å². The lowest BCUT2D eigenvalue weighted by atomic mass is 9.84. The van der Waals surface area contributed by atoms with Gasteiger partial charge < -0.3 is 10.1 Å². The molecule has 2 heterocycles. The first-order chi connectivity index (χ1) is 18.2. The van der Waals surface area contributed by atoms with Crippen molar-refractivity contribution in [3.8, 4) is 5.75 Å². The van der Waals surface area contributed by atoms with Crippen molar-refractivity contribution in [1.29, 1.82) is 0 Å². The second kappa shape index (κ2) is 12.4. The number of hydrogen-bond acceptors (Lipinski definition) is 4. The molecule has 1 aromatic rings. The van der Waals surface area contributed by atoms with Crippen LogP contribution in [0.5, 0.6) is 5.75 Å². The summed E-state index contributed by atoms with van der Waals surface area (Å²) in [6.45, 7) is 7.18. The number of piperidine rings is 1. The first kappa shape index (κ1) is 26.2. The van der Waals surface area contributed by atoms with Crippen LogP contribution in [0.25, 0.3) is 0 Å². The summed E-state index contributed by atoms with van der Waals surface area (Å²) in [6.07, 6.45) is 20.6. The molecule has 0 aromatic heterocycles. The Bertz CT molecular complexity index is 996. The molecule has 1 N–H and O–H groups in total. The van der Waals surface area contributed by atoms with Gasteiger partial charge in [-0.15, -0.1) is 6.58 Å². The lowest BCUT2D eigenvalue weighted by molar-refractivity contribution is -0.124. The van der Waals surface area contributed by atoms with Crippen molar-refractivity contribution in [1.82, 2.24) is 15.1 Å². The summed E-state index contributed by atoms with van der Waals surface area (Å²) >= 11 is 0. The Hall–Kier alpha value is -2.37. The average molecular weight is 504 g/mol. The number of nitrogens with one attached hydrogen (secondary N) is 1. The van der Waals surface area contributed by atoms with Gasteiger partial charge in [-0.05, 0) is 61.8 Å². The standard InChI is InChI=1S/C32H45N3O2/c1-3-20-34-21-19-28-12-8-13-29(23-34)35(28)31(26-9-7-14-30(22-26)37-2)24-15-17-25(18-16-24)32(36)33-27-10-5-4-6-11-27/h3,7,9,14-17,22,25,27-29,31H,1,4-6,8,10-13,18-21,23H2,2H3,(H,33,36). The van der Waals surface area contributed by atoms with E-state index in [1.165, 1.54) is 56.1 Å². The smallest absolute Gasteiger partial charge is 0.227 e. The Balaban J connectivity index is 1.40. The first-order valence-corrected chi connectivity index (χ1v) is 14.6. The molecule has 2 aliphatic carbocycles. The van der Waals surface area contributed by atoms with E-state index >= 15 is 0 Å². The third-order valence-corrected chi connectivity index (χ3v) is 8.99. The van der Waals surface area contributed by atoms with Gasteiger partial charge in [0.05, 0.1) is 19.1 Å². The van der Waals surface area contributed by atoms with Crippen LogP contribution in [-0.4, -0.2) is 60.6 Å². The molecule has 1 saturated carbocycles. The minimum atomic E-state index is -0.0663. The van der Waals surface area contributed by atoms with Gasteiger partial charge >= 0.3 is 0 Å². The van der Waals surface area contributed by atoms with E-state index in [2.05, 4.69) is 58.1 Å². The molecule has 37 heavy (non-hydrogen) atoms. The van der Waals surface area contributed by atoms with Crippen molar-refractivity contribution in [2.45, 2.75) is 88.4 Å². The molecule has 0 spiro atoms. The van der Waals surface area contributed by atoms with Crippen LogP contribution in [0.2, 0.25) is 0 Å².